The summed E-state index contributed by atoms with van der Waals surface area (Å²) in [7, 11) is 1.39. The molecule has 2 rings (SSSR count). The quantitative estimate of drug-likeness (QED) is 0.848. The second-order valence-corrected chi connectivity index (χ2v) is 6.39. The van der Waals surface area contributed by atoms with Gasteiger partial charge in [-0.1, -0.05) is 32.0 Å². The fourth-order valence-corrected chi connectivity index (χ4v) is 3.12. The molecule has 5 nitrogen and oxygen atoms in total. The summed E-state index contributed by atoms with van der Waals surface area (Å²) in [5.74, 6) is -0.00846. The Morgan fingerprint density at radius 2 is 2.13 bits per heavy atom. The summed E-state index contributed by atoms with van der Waals surface area (Å²) < 4.78 is 4.82. The number of carbonyl (C=O) groups excluding carboxylic acids is 2. The van der Waals surface area contributed by atoms with Gasteiger partial charge in [0, 0.05) is 5.69 Å². The highest BCUT2D eigenvalue weighted by Crippen LogP contribution is 2.27. The number of carbonyl (C=O) groups is 2. The number of hydrogen-bond acceptors (Lipinski definition) is 4. The summed E-state index contributed by atoms with van der Waals surface area (Å²) in [6.45, 7) is 7.18. The first-order valence-electron chi connectivity index (χ1n) is 8.15. The summed E-state index contributed by atoms with van der Waals surface area (Å²) in [6.07, 6.45) is 1.66. The number of para-hydroxylation sites is 1. The van der Waals surface area contributed by atoms with E-state index in [2.05, 4.69) is 19.2 Å². The molecule has 5 heteroatoms. The Bertz CT molecular complexity index is 584. The van der Waals surface area contributed by atoms with E-state index in [1.54, 1.807) is 0 Å². The Morgan fingerprint density at radius 3 is 2.78 bits per heavy atom. The van der Waals surface area contributed by atoms with Crippen molar-refractivity contribution in [1.82, 2.24) is 4.90 Å². The molecule has 1 aliphatic heterocycles. The van der Waals surface area contributed by atoms with E-state index in [0.717, 1.165) is 36.2 Å². The Labute approximate surface area is 138 Å². The number of nitrogens with zero attached hydrogens (tertiary/aromatic N) is 1. The van der Waals surface area contributed by atoms with E-state index >= 15 is 0 Å². The molecule has 1 aliphatic rings. The zero-order chi connectivity index (χ0) is 17.0. The molecule has 23 heavy (non-hydrogen) atoms. The number of hydrogen-bond donors (Lipinski definition) is 1. The molecule has 1 heterocycles. The van der Waals surface area contributed by atoms with Crippen LogP contribution in [0.3, 0.4) is 0 Å². The molecule has 0 bridgehead atoms. The maximum absolute atomic E-state index is 12.4. The molecule has 0 spiro atoms. The minimum absolute atomic E-state index is 0.0861. The summed E-state index contributed by atoms with van der Waals surface area (Å²) in [4.78, 5) is 26.1. The highest BCUT2D eigenvalue weighted by atomic mass is 16.5. The van der Waals surface area contributed by atoms with E-state index in [4.69, 9.17) is 4.74 Å². The summed E-state index contributed by atoms with van der Waals surface area (Å²) >= 11 is 0. The Balaban J connectivity index is 2.07. The van der Waals surface area contributed by atoms with E-state index in [1.165, 1.54) is 7.11 Å². The predicted octanol–water partition coefficient (Wildman–Crippen LogP) is 2.69. The third-order valence-electron chi connectivity index (χ3n) is 4.38. The molecule has 1 saturated heterocycles. The van der Waals surface area contributed by atoms with Crippen molar-refractivity contribution in [3.05, 3.63) is 29.3 Å². The second-order valence-electron chi connectivity index (χ2n) is 6.39. The number of rotatable bonds is 5. The summed E-state index contributed by atoms with van der Waals surface area (Å²) in [6, 6.07) is 5.75. The van der Waals surface area contributed by atoms with Crippen LogP contribution in [-0.2, 0) is 14.3 Å². The van der Waals surface area contributed by atoms with Crippen molar-refractivity contribution in [3.63, 3.8) is 0 Å². The molecule has 0 radical (unpaired) electrons. The average Bonchev–Trinajstić information content (AvgIpc) is 2.96. The van der Waals surface area contributed by atoms with Crippen molar-refractivity contribution in [2.24, 2.45) is 0 Å². The van der Waals surface area contributed by atoms with Gasteiger partial charge in [0.25, 0.3) is 0 Å². The number of aryl methyl sites for hydroxylation is 1. The van der Waals surface area contributed by atoms with Crippen molar-refractivity contribution >= 4 is 17.6 Å². The van der Waals surface area contributed by atoms with E-state index in [0.29, 0.717) is 5.92 Å². The van der Waals surface area contributed by atoms with Crippen molar-refractivity contribution in [3.8, 4) is 0 Å². The highest BCUT2D eigenvalue weighted by Gasteiger charge is 2.32. The minimum Gasteiger partial charge on any atom is -0.468 e. The monoisotopic (exact) mass is 318 g/mol. The molecular formula is C18H26N2O3. The van der Waals surface area contributed by atoms with Crippen LogP contribution in [-0.4, -0.2) is 43.0 Å². The van der Waals surface area contributed by atoms with Gasteiger partial charge in [-0.15, -0.1) is 0 Å². The lowest BCUT2D eigenvalue weighted by atomic mass is 9.98. The molecule has 0 unspecified atom stereocenters. The third kappa shape index (κ3) is 4.10. The summed E-state index contributed by atoms with van der Waals surface area (Å²) in [5.41, 5.74) is 3.07. The largest absolute Gasteiger partial charge is 0.468 e. The van der Waals surface area contributed by atoms with Gasteiger partial charge >= 0.3 is 5.97 Å². The molecule has 1 atom stereocenters. The van der Waals surface area contributed by atoms with Crippen LogP contribution in [0, 0.1) is 6.92 Å². The van der Waals surface area contributed by atoms with Crippen LogP contribution in [0.2, 0.25) is 0 Å². The maximum atomic E-state index is 12.4. The molecule has 1 aromatic carbocycles. The Kier molecular flexibility index (Phi) is 5.77. The Hall–Kier alpha value is -1.88. The van der Waals surface area contributed by atoms with Crippen LogP contribution in [0.4, 0.5) is 5.69 Å². The molecule has 1 N–H and O–H groups in total. The topological polar surface area (TPSA) is 58.6 Å². The van der Waals surface area contributed by atoms with Gasteiger partial charge in [0.15, 0.2) is 0 Å². The molecule has 1 fully saturated rings. The number of ether oxygens (including phenoxy) is 1. The van der Waals surface area contributed by atoms with E-state index in [-0.39, 0.29) is 24.5 Å². The van der Waals surface area contributed by atoms with Crippen molar-refractivity contribution < 1.29 is 14.3 Å². The maximum Gasteiger partial charge on any atom is 0.323 e. The predicted molar refractivity (Wildman–Crippen MR) is 90.5 cm³/mol. The van der Waals surface area contributed by atoms with E-state index < -0.39 is 0 Å². The van der Waals surface area contributed by atoms with Crippen LogP contribution < -0.4 is 5.32 Å². The van der Waals surface area contributed by atoms with Gasteiger partial charge < -0.3 is 10.1 Å². The van der Waals surface area contributed by atoms with Gasteiger partial charge in [-0.2, -0.15) is 0 Å². The van der Waals surface area contributed by atoms with Crippen LogP contribution in [0.25, 0.3) is 0 Å². The van der Waals surface area contributed by atoms with Gasteiger partial charge in [0.05, 0.1) is 13.7 Å². The fraction of sp³-hybridized carbons (Fsp3) is 0.556. The van der Waals surface area contributed by atoms with Crippen molar-refractivity contribution in [2.75, 3.05) is 25.5 Å². The number of nitrogens with one attached hydrogen (secondary N) is 1. The van der Waals surface area contributed by atoms with Crippen LogP contribution in [0.15, 0.2) is 18.2 Å². The molecule has 0 aromatic heterocycles. The molecular weight excluding hydrogens is 292 g/mol. The first-order chi connectivity index (χ1) is 10.9. The Morgan fingerprint density at radius 1 is 1.39 bits per heavy atom. The molecule has 1 aromatic rings. The highest BCUT2D eigenvalue weighted by molar-refractivity contribution is 5.94. The van der Waals surface area contributed by atoms with E-state index in [9.17, 15) is 9.59 Å². The van der Waals surface area contributed by atoms with Crippen molar-refractivity contribution in [2.45, 2.75) is 45.6 Å². The SMILES string of the molecule is COC(=O)[C@H]1CCCN1CC(=O)Nc1c(C)cccc1C(C)C. The minimum atomic E-state index is -0.299. The van der Waals surface area contributed by atoms with Gasteiger partial charge in [0.2, 0.25) is 5.91 Å². The number of methoxy groups -OCH3 is 1. The van der Waals surface area contributed by atoms with Crippen LogP contribution >= 0.6 is 0 Å². The third-order valence-corrected chi connectivity index (χ3v) is 4.38. The van der Waals surface area contributed by atoms with Crippen LogP contribution in [0.1, 0.15) is 43.7 Å². The number of anilines is 1. The zero-order valence-corrected chi connectivity index (χ0v) is 14.4. The molecule has 0 aliphatic carbocycles. The average molecular weight is 318 g/mol. The first-order valence-corrected chi connectivity index (χ1v) is 8.15. The zero-order valence-electron chi connectivity index (χ0n) is 14.4. The number of esters is 1. The van der Waals surface area contributed by atoms with Gasteiger partial charge in [0.1, 0.15) is 6.04 Å². The van der Waals surface area contributed by atoms with Crippen molar-refractivity contribution in [1.29, 1.82) is 0 Å². The summed E-state index contributed by atoms with van der Waals surface area (Å²) in [5, 5.41) is 3.03. The molecule has 126 valence electrons. The standard InChI is InChI=1S/C18H26N2O3/c1-12(2)14-8-5-7-13(3)17(14)19-16(21)11-20-10-6-9-15(20)18(22)23-4/h5,7-8,12,15H,6,9-11H2,1-4H3,(H,19,21)/t15-/m1/s1. The van der Waals surface area contributed by atoms with Crippen LogP contribution in [0.5, 0.6) is 0 Å². The van der Waals surface area contributed by atoms with Gasteiger partial charge in [-0.3, -0.25) is 14.5 Å². The lowest BCUT2D eigenvalue weighted by Gasteiger charge is -2.23. The number of amides is 1. The van der Waals surface area contributed by atoms with E-state index in [1.807, 2.05) is 30.0 Å². The lowest BCUT2D eigenvalue weighted by molar-refractivity contribution is -0.146. The van der Waals surface area contributed by atoms with Gasteiger partial charge in [-0.05, 0) is 43.4 Å². The number of benzene rings is 1. The lowest BCUT2D eigenvalue weighted by Crippen LogP contribution is -2.41. The number of likely N-dealkylation sites (tertiary alicyclic amines) is 1. The normalized spacial score (nSPS) is 18.2. The second kappa shape index (κ2) is 7.59. The fourth-order valence-electron chi connectivity index (χ4n) is 3.12. The molecule has 1 amide bonds. The van der Waals surface area contributed by atoms with Gasteiger partial charge in [-0.25, -0.2) is 0 Å². The first kappa shape index (κ1) is 17.5. The molecule has 0 saturated carbocycles. The smallest absolute Gasteiger partial charge is 0.323 e.